The van der Waals surface area contributed by atoms with Crippen LogP contribution in [-0.4, -0.2) is 17.4 Å². The van der Waals surface area contributed by atoms with Crippen LogP contribution >= 0.6 is 11.3 Å². The molecular weight excluding hydrogens is 258 g/mol. The van der Waals surface area contributed by atoms with E-state index in [1.807, 2.05) is 43.5 Å². The molecule has 0 aliphatic rings. The smallest absolute Gasteiger partial charge is 0.238 e. The Bertz CT molecular complexity index is 565. The zero-order chi connectivity index (χ0) is 13.7. The first-order valence-corrected chi connectivity index (χ1v) is 7.00. The second kappa shape index (κ2) is 6.45. The number of aromatic nitrogens is 1. The molecule has 1 aromatic heterocycles. The summed E-state index contributed by atoms with van der Waals surface area (Å²) >= 11 is 1.62. The largest absolute Gasteiger partial charge is 0.325 e. The van der Waals surface area contributed by atoms with Gasteiger partial charge in [-0.3, -0.25) is 4.79 Å². The molecular formula is C14H17N3OS. The fraction of sp³-hybridized carbons (Fsp3) is 0.286. The Morgan fingerprint density at radius 1 is 1.37 bits per heavy atom. The number of nitrogens with one attached hydrogen (secondary N) is 2. The Labute approximate surface area is 116 Å². The highest BCUT2D eigenvalue weighted by Gasteiger charge is 2.03. The predicted octanol–water partition coefficient (Wildman–Crippen LogP) is 2.49. The van der Waals surface area contributed by atoms with E-state index in [-0.39, 0.29) is 12.5 Å². The van der Waals surface area contributed by atoms with E-state index >= 15 is 0 Å². The van der Waals surface area contributed by atoms with E-state index in [0.29, 0.717) is 6.54 Å². The van der Waals surface area contributed by atoms with E-state index in [4.69, 9.17) is 0 Å². The number of nitrogens with zero attached hydrogens (tertiary/aromatic N) is 1. The number of rotatable bonds is 5. The van der Waals surface area contributed by atoms with Gasteiger partial charge in [-0.15, -0.1) is 11.3 Å². The number of amides is 1. The molecule has 100 valence electrons. The van der Waals surface area contributed by atoms with E-state index < -0.39 is 0 Å². The van der Waals surface area contributed by atoms with E-state index in [1.54, 1.807) is 11.3 Å². The van der Waals surface area contributed by atoms with Crippen molar-refractivity contribution in [2.45, 2.75) is 20.4 Å². The van der Waals surface area contributed by atoms with Crippen molar-refractivity contribution in [1.29, 1.82) is 0 Å². The summed E-state index contributed by atoms with van der Waals surface area (Å²) in [5, 5.41) is 8.98. The van der Waals surface area contributed by atoms with Gasteiger partial charge in [0.05, 0.1) is 17.2 Å². The summed E-state index contributed by atoms with van der Waals surface area (Å²) in [7, 11) is 0. The minimum Gasteiger partial charge on any atom is -0.325 e. The van der Waals surface area contributed by atoms with Crippen LogP contribution in [0.1, 0.15) is 16.3 Å². The van der Waals surface area contributed by atoms with E-state index in [1.165, 1.54) is 0 Å². The van der Waals surface area contributed by atoms with Crippen molar-refractivity contribution >= 4 is 22.9 Å². The van der Waals surface area contributed by atoms with E-state index in [9.17, 15) is 4.79 Å². The van der Waals surface area contributed by atoms with Crippen LogP contribution in [0.3, 0.4) is 0 Å². The molecule has 0 saturated heterocycles. The first-order chi connectivity index (χ1) is 9.13. The van der Waals surface area contributed by atoms with Crippen molar-refractivity contribution in [3.8, 4) is 0 Å². The highest BCUT2D eigenvalue weighted by atomic mass is 32.1. The molecule has 19 heavy (non-hydrogen) atoms. The van der Waals surface area contributed by atoms with Crippen LogP contribution < -0.4 is 10.6 Å². The molecule has 1 amide bonds. The molecule has 5 heteroatoms. The molecule has 0 bridgehead atoms. The summed E-state index contributed by atoms with van der Waals surface area (Å²) in [5.41, 5.74) is 2.94. The molecule has 0 aliphatic heterocycles. The highest BCUT2D eigenvalue weighted by Crippen LogP contribution is 2.09. The third-order valence-electron chi connectivity index (χ3n) is 2.56. The number of aryl methyl sites for hydroxylation is 2. The molecule has 1 heterocycles. The van der Waals surface area contributed by atoms with Gasteiger partial charge in [0.25, 0.3) is 0 Å². The topological polar surface area (TPSA) is 54.0 Å². The number of anilines is 1. The van der Waals surface area contributed by atoms with Gasteiger partial charge in [0.2, 0.25) is 5.91 Å². The van der Waals surface area contributed by atoms with Crippen LogP contribution in [0.25, 0.3) is 0 Å². The summed E-state index contributed by atoms with van der Waals surface area (Å²) < 4.78 is 0. The van der Waals surface area contributed by atoms with Gasteiger partial charge in [0.15, 0.2) is 0 Å². The lowest BCUT2D eigenvalue weighted by atomic mass is 10.2. The molecule has 4 nitrogen and oxygen atoms in total. The number of thiazole rings is 1. The maximum atomic E-state index is 11.7. The first kappa shape index (κ1) is 13.7. The Morgan fingerprint density at radius 3 is 2.89 bits per heavy atom. The second-order valence-electron chi connectivity index (χ2n) is 4.38. The predicted molar refractivity (Wildman–Crippen MR) is 78.4 cm³/mol. The Balaban J connectivity index is 1.76. The van der Waals surface area contributed by atoms with Crippen LogP contribution in [-0.2, 0) is 11.3 Å². The summed E-state index contributed by atoms with van der Waals surface area (Å²) in [5.74, 6) is -0.0439. The van der Waals surface area contributed by atoms with E-state index in [0.717, 1.165) is 22.0 Å². The van der Waals surface area contributed by atoms with E-state index in [2.05, 4.69) is 15.6 Å². The second-order valence-corrected chi connectivity index (χ2v) is 5.44. The molecule has 1 aromatic carbocycles. The number of hydrogen-bond donors (Lipinski definition) is 2. The van der Waals surface area contributed by atoms with Gasteiger partial charge in [-0.2, -0.15) is 0 Å². The number of carbonyl (C=O) groups is 1. The molecule has 0 aliphatic carbocycles. The lowest BCUT2D eigenvalue weighted by Gasteiger charge is -2.06. The lowest BCUT2D eigenvalue weighted by molar-refractivity contribution is -0.115. The standard InChI is InChI=1S/C14H17N3OS/c1-10-4-3-5-12(6-10)17-14(18)8-15-7-13-9-19-11(2)16-13/h3-6,9,15H,7-8H2,1-2H3,(H,17,18). The summed E-state index contributed by atoms with van der Waals surface area (Å²) in [6.45, 7) is 4.87. The van der Waals surface area contributed by atoms with Crippen molar-refractivity contribution in [3.05, 3.63) is 45.9 Å². The maximum absolute atomic E-state index is 11.7. The van der Waals surface area contributed by atoms with Gasteiger partial charge in [-0.25, -0.2) is 4.98 Å². The fourth-order valence-corrected chi connectivity index (χ4v) is 2.33. The molecule has 2 aromatic rings. The highest BCUT2D eigenvalue weighted by molar-refractivity contribution is 7.09. The molecule has 0 radical (unpaired) electrons. The zero-order valence-electron chi connectivity index (χ0n) is 11.1. The Hall–Kier alpha value is -1.72. The molecule has 0 spiro atoms. The SMILES string of the molecule is Cc1cccc(NC(=O)CNCc2csc(C)n2)c1. The molecule has 2 N–H and O–H groups in total. The van der Waals surface area contributed by atoms with Crippen molar-refractivity contribution < 1.29 is 4.79 Å². The van der Waals surface area contributed by atoms with Gasteiger partial charge >= 0.3 is 0 Å². The average molecular weight is 275 g/mol. The molecule has 0 saturated carbocycles. The summed E-state index contributed by atoms with van der Waals surface area (Å²) in [6.07, 6.45) is 0. The first-order valence-electron chi connectivity index (χ1n) is 6.12. The monoisotopic (exact) mass is 275 g/mol. The lowest BCUT2D eigenvalue weighted by Crippen LogP contribution is -2.27. The van der Waals surface area contributed by atoms with Crippen molar-refractivity contribution in [2.75, 3.05) is 11.9 Å². The van der Waals surface area contributed by atoms with Crippen LogP contribution in [0.15, 0.2) is 29.6 Å². The third-order valence-corrected chi connectivity index (χ3v) is 3.38. The number of benzene rings is 1. The number of carbonyl (C=O) groups excluding carboxylic acids is 1. The Morgan fingerprint density at radius 2 is 2.21 bits per heavy atom. The van der Waals surface area contributed by atoms with Crippen molar-refractivity contribution in [2.24, 2.45) is 0 Å². The van der Waals surface area contributed by atoms with Crippen molar-refractivity contribution in [3.63, 3.8) is 0 Å². The van der Waals surface area contributed by atoms with Gasteiger partial charge in [-0.05, 0) is 31.5 Å². The minimum atomic E-state index is -0.0439. The van der Waals surface area contributed by atoms with Crippen molar-refractivity contribution in [1.82, 2.24) is 10.3 Å². The van der Waals surface area contributed by atoms with Gasteiger partial charge < -0.3 is 10.6 Å². The molecule has 2 rings (SSSR count). The molecule has 0 atom stereocenters. The minimum absolute atomic E-state index is 0.0439. The third kappa shape index (κ3) is 4.46. The number of hydrogen-bond acceptors (Lipinski definition) is 4. The van der Waals surface area contributed by atoms with Gasteiger partial charge in [0, 0.05) is 17.6 Å². The quantitative estimate of drug-likeness (QED) is 0.881. The van der Waals surface area contributed by atoms with Gasteiger partial charge in [0.1, 0.15) is 0 Å². The van der Waals surface area contributed by atoms with Crippen LogP contribution in [0.2, 0.25) is 0 Å². The summed E-state index contributed by atoms with van der Waals surface area (Å²) in [6, 6.07) is 7.76. The Kier molecular flexibility index (Phi) is 4.65. The summed E-state index contributed by atoms with van der Waals surface area (Å²) in [4.78, 5) is 16.1. The van der Waals surface area contributed by atoms with Crippen LogP contribution in [0, 0.1) is 13.8 Å². The fourth-order valence-electron chi connectivity index (χ4n) is 1.72. The molecule has 0 fully saturated rings. The maximum Gasteiger partial charge on any atom is 0.238 e. The molecule has 0 unspecified atom stereocenters. The van der Waals surface area contributed by atoms with Crippen LogP contribution in [0.5, 0.6) is 0 Å². The van der Waals surface area contributed by atoms with Crippen LogP contribution in [0.4, 0.5) is 5.69 Å². The van der Waals surface area contributed by atoms with Gasteiger partial charge in [-0.1, -0.05) is 12.1 Å². The average Bonchev–Trinajstić information content (AvgIpc) is 2.75. The normalized spacial score (nSPS) is 10.4. The zero-order valence-corrected chi connectivity index (χ0v) is 11.9.